The number of carbonyl (C=O) groups is 1. The molecular weight excluding hydrogens is 286 g/mol. The monoisotopic (exact) mass is 304 g/mol. The van der Waals surface area contributed by atoms with Crippen molar-refractivity contribution < 1.29 is 13.6 Å². The zero-order valence-corrected chi connectivity index (χ0v) is 12.3. The fourth-order valence-corrected chi connectivity index (χ4v) is 2.08. The first-order valence-electron chi connectivity index (χ1n) is 7.03. The Labute approximate surface area is 128 Å². The summed E-state index contributed by atoms with van der Waals surface area (Å²) in [7, 11) is 0. The highest BCUT2D eigenvalue weighted by Crippen LogP contribution is 2.17. The summed E-state index contributed by atoms with van der Waals surface area (Å²) >= 11 is 0. The predicted octanol–water partition coefficient (Wildman–Crippen LogP) is 2.96. The fourth-order valence-electron chi connectivity index (χ4n) is 2.08. The van der Waals surface area contributed by atoms with E-state index in [2.05, 4.69) is 5.32 Å². The Bertz CT molecular complexity index is 656. The van der Waals surface area contributed by atoms with E-state index in [1.54, 1.807) is 24.3 Å². The molecule has 22 heavy (non-hydrogen) atoms. The standard InChI is InChI=1S/C17H18F2N2O/c1-11(14-6-7-15(18)16(19)8-14)10-21-17(22)13-4-2-12(9-20)3-5-13/h2-8,11H,9-10,20H2,1H3,(H,21,22)/t11-/m1/s1. The van der Waals surface area contributed by atoms with Gasteiger partial charge in [0.2, 0.25) is 0 Å². The summed E-state index contributed by atoms with van der Waals surface area (Å²) in [6.07, 6.45) is 0. The predicted molar refractivity (Wildman–Crippen MR) is 81.4 cm³/mol. The second kappa shape index (κ2) is 7.13. The number of hydrogen-bond acceptors (Lipinski definition) is 2. The van der Waals surface area contributed by atoms with Crippen LogP contribution in [0.1, 0.15) is 34.3 Å². The van der Waals surface area contributed by atoms with Crippen molar-refractivity contribution in [2.75, 3.05) is 6.54 Å². The second-order valence-corrected chi connectivity index (χ2v) is 5.19. The largest absolute Gasteiger partial charge is 0.351 e. The summed E-state index contributed by atoms with van der Waals surface area (Å²) in [4.78, 5) is 12.0. The molecule has 0 saturated carbocycles. The van der Waals surface area contributed by atoms with Gasteiger partial charge < -0.3 is 11.1 Å². The topological polar surface area (TPSA) is 55.1 Å². The molecule has 0 spiro atoms. The number of halogens is 2. The van der Waals surface area contributed by atoms with Crippen LogP contribution in [0.15, 0.2) is 42.5 Å². The maximum atomic E-state index is 13.2. The van der Waals surface area contributed by atoms with Gasteiger partial charge in [-0.1, -0.05) is 25.1 Å². The van der Waals surface area contributed by atoms with Crippen molar-refractivity contribution in [2.45, 2.75) is 19.4 Å². The molecule has 0 aromatic heterocycles. The van der Waals surface area contributed by atoms with E-state index in [1.807, 2.05) is 6.92 Å². The van der Waals surface area contributed by atoms with E-state index in [0.29, 0.717) is 24.2 Å². The molecule has 0 unspecified atom stereocenters. The van der Waals surface area contributed by atoms with Gasteiger partial charge in [-0.05, 0) is 41.3 Å². The van der Waals surface area contributed by atoms with E-state index in [0.717, 1.165) is 17.7 Å². The molecule has 0 fully saturated rings. The molecule has 0 bridgehead atoms. The molecule has 3 nitrogen and oxygen atoms in total. The van der Waals surface area contributed by atoms with Gasteiger partial charge in [0.05, 0.1) is 0 Å². The molecule has 0 aliphatic rings. The third-order valence-electron chi connectivity index (χ3n) is 3.53. The number of carbonyl (C=O) groups excluding carboxylic acids is 1. The number of nitrogens with one attached hydrogen (secondary N) is 1. The molecule has 0 heterocycles. The van der Waals surface area contributed by atoms with Gasteiger partial charge in [-0.15, -0.1) is 0 Å². The van der Waals surface area contributed by atoms with E-state index >= 15 is 0 Å². The lowest BCUT2D eigenvalue weighted by molar-refractivity contribution is 0.0951. The summed E-state index contributed by atoms with van der Waals surface area (Å²) in [5.41, 5.74) is 7.63. The van der Waals surface area contributed by atoms with Crippen LogP contribution >= 0.6 is 0 Å². The van der Waals surface area contributed by atoms with Crippen LogP contribution < -0.4 is 11.1 Å². The van der Waals surface area contributed by atoms with Crippen molar-refractivity contribution in [3.8, 4) is 0 Å². The summed E-state index contributed by atoms with van der Waals surface area (Å²) in [5.74, 6) is -2.09. The molecule has 2 rings (SSSR count). The van der Waals surface area contributed by atoms with E-state index in [4.69, 9.17) is 5.73 Å². The molecule has 5 heteroatoms. The van der Waals surface area contributed by atoms with Crippen LogP contribution in [0.25, 0.3) is 0 Å². The van der Waals surface area contributed by atoms with Gasteiger partial charge in [-0.25, -0.2) is 8.78 Å². The number of rotatable bonds is 5. The summed E-state index contributed by atoms with van der Waals surface area (Å²) in [6.45, 7) is 2.60. The van der Waals surface area contributed by atoms with Gasteiger partial charge in [0.25, 0.3) is 5.91 Å². The average Bonchev–Trinajstić information content (AvgIpc) is 2.54. The van der Waals surface area contributed by atoms with Crippen LogP contribution in [0.2, 0.25) is 0 Å². The minimum Gasteiger partial charge on any atom is -0.351 e. The van der Waals surface area contributed by atoms with Crippen molar-refractivity contribution in [1.82, 2.24) is 5.32 Å². The van der Waals surface area contributed by atoms with Crippen LogP contribution in [0.4, 0.5) is 8.78 Å². The van der Waals surface area contributed by atoms with Gasteiger partial charge >= 0.3 is 0 Å². The number of amides is 1. The first-order chi connectivity index (χ1) is 10.5. The van der Waals surface area contributed by atoms with Crippen LogP contribution in [0.5, 0.6) is 0 Å². The molecule has 2 aromatic rings. The quantitative estimate of drug-likeness (QED) is 0.892. The first kappa shape index (κ1) is 16.1. The maximum Gasteiger partial charge on any atom is 0.251 e. The van der Waals surface area contributed by atoms with Crippen molar-refractivity contribution in [2.24, 2.45) is 5.73 Å². The number of benzene rings is 2. The SMILES string of the molecule is C[C@H](CNC(=O)c1ccc(CN)cc1)c1ccc(F)c(F)c1. The van der Waals surface area contributed by atoms with E-state index in [9.17, 15) is 13.6 Å². The Morgan fingerprint density at radius 2 is 1.82 bits per heavy atom. The summed E-state index contributed by atoms with van der Waals surface area (Å²) in [5, 5.41) is 2.78. The van der Waals surface area contributed by atoms with Gasteiger partial charge in [0, 0.05) is 18.7 Å². The van der Waals surface area contributed by atoms with Gasteiger partial charge in [0.1, 0.15) is 0 Å². The highest BCUT2D eigenvalue weighted by Gasteiger charge is 2.11. The van der Waals surface area contributed by atoms with Crippen molar-refractivity contribution in [1.29, 1.82) is 0 Å². The van der Waals surface area contributed by atoms with Gasteiger partial charge in [-0.3, -0.25) is 4.79 Å². The zero-order valence-electron chi connectivity index (χ0n) is 12.3. The van der Waals surface area contributed by atoms with Crippen molar-refractivity contribution in [3.05, 3.63) is 70.8 Å². The summed E-state index contributed by atoms with van der Waals surface area (Å²) in [6, 6.07) is 10.8. The van der Waals surface area contributed by atoms with E-state index < -0.39 is 11.6 Å². The molecule has 0 radical (unpaired) electrons. The highest BCUT2D eigenvalue weighted by molar-refractivity contribution is 5.94. The summed E-state index contributed by atoms with van der Waals surface area (Å²) < 4.78 is 26.1. The first-order valence-corrected chi connectivity index (χ1v) is 7.03. The molecule has 2 aromatic carbocycles. The average molecular weight is 304 g/mol. The Morgan fingerprint density at radius 1 is 1.14 bits per heavy atom. The minimum atomic E-state index is -0.881. The molecule has 0 aliphatic heterocycles. The third kappa shape index (κ3) is 3.89. The second-order valence-electron chi connectivity index (χ2n) is 5.19. The Hall–Kier alpha value is -2.27. The molecule has 3 N–H and O–H groups in total. The van der Waals surface area contributed by atoms with Crippen LogP contribution in [0.3, 0.4) is 0 Å². The Morgan fingerprint density at radius 3 is 2.41 bits per heavy atom. The Kier molecular flexibility index (Phi) is 5.22. The van der Waals surface area contributed by atoms with E-state index in [1.165, 1.54) is 6.07 Å². The molecule has 0 saturated heterocycles. The molecule has 0 aliphatic carbocycles. The van der Waals surface area contributed by atoms with Crippen LogP contribution in [0, 0.1) is 11.6 Å². The Balaban J connectivity index is 1.95. The van der Waals surface area contributed by atoms with Crippen molar-refractivity contribution in [3.63, 3.8) is 0 Å². The highest BCUT2D eigenvalue weighted by atomic mass is 19.2. The van der Waals surface area contributed by atoms with Gasteiger partial charge in [-0.2, -0.15) is 0 Å². The molecular formula is C17H18F2N2O. The number of nitrogens with two attached hydrogens (primary N) is 1. The molecule has 116 valence electrons. The maximum absolute atomic E-state index is 13.2. The van der Waals surface area contributed by atoms with E-state index in [-0.39, 0.29) is 11.8 Å². The third-order valence-corrected chi connectivity index (χ3v) is 3.53. The minimum absolute atomic E-state index is 0.123. The number of hydrogen-bond donors (Lipinski definition) is 2. The lowest BCUT2D eigenvalue weighted by Gasteiger charge is -2.13. The smallest absolute Gasteiger partial charge is 0.251 e. The lowest BCUT2D eigenvalue weighted by atomic mass is 10.0. The molecule has 1 amide bonds. The lowest BCUT2D eigenvalue weighted by Crippen LogP contribution is -2.27. The molecule has 1 atom stereocenters. The van der Waals surface area contributed by atoms with Crippen LogP contribution in [-0.2, 0) is 6.54 Å². The van der Waals surface area contributed by atoms with Gasteiger partial charge in [0.15, 0.2) is 11.6 Å². The zero-order chi connectivity index (χ0) is 16.1. The van der Waals surface area contributed by atoms with Crippen molar-refractivity contribution >= 4 is 5.91 Å². The van der Waals surface area contributed by atoms with Crippen LogP contribution in [-0.4, -0.2) is 12.5 Å². The normalized spacial score (nSPS) is 12.0. The fraction of sp³-hybridized carbons (Fsp3) is 0.235.